The third-order valence-corrected chi connectivity index (χ3v) is 2.36. The number of allylic oxidation sites excluding steroid dienone is 1. The van der Waals surface area contributed by atoms with Crippen LogP contribution >= 0.6 is 0 Å². The lowest BCUT2D eigenvalue weighted by molar-refractivity contribution is 0.582. The van der Waals surface area contributed by atoms with Crippen LogP contribution in [0.25, 0.3) is 0 Å². The fourth-order valence-corrected chi connectivity index (χ4v) is 1.43. The first kappa shape index (κ1) is 11.0. The highest BCUT2D eigenvalue weighted by Crippen LogP contribution is 2.26. The molecular weight excluding hydrogens is 175 g/mol. The normalized spacial score (nSPS) is 12.9. The van der Waals surface area contributed by atoms with Gasteiger partial charge in [0, 0.05) is 5.92 Å². The molecule has 1 heteroatoms. The lowest BCUT2D eigenvalue weighted by atomic mass is 9.94. The molecule has 0 aliphatic heterocycles. The van der Waals surface area contributed by atoms with Gasteiger partial charge in [0.2, 0.25) is 0 Å². The van der Waals surface area contributed by atoms with Gasteiger partial charge < -0.3 is 0 Å². The van der Waals surface area contributed by atoms with Crippen LogP contribution in [-0.2, 0) is 0 Å². The number of rotatable bonds is 3. The van der Waals surface area contributed by atoms with Gasteiger partial charge in [-0.05, 0) is 24.0 Å². The number of hydrogen-bond donors (Lipinski definition) is 0. The Kier molecular flexibility index (Phi) is 3.45. The second-order valence-corrected chi connectivity index (χ2v) is 3.75. The summed E-state index contributed by atoms with van der Waals surface area (Å²) in [5.41, 5.74) is 1.38. The average molecular weight is 191 g/mol. The molecule has 1 radical (unpaired) electrons. The van der Waals surface area contributed by atoms with E-state index in [0.29, 0.717) is 5.56 Å². The predicted molar refractivity (Wildman–Crippen MR) is 58.8 cm³/mol. The van der Waals surface area contributed by atoms with Crippen molar-refractivity contribution in [1.29, 1.82) is 0 Å². The Morgan fingerprint density at radius 1 is 1.29 bits per heavy atom. The zero-order valence-corrected chi connectivity index (χ0v) is 8.76. The Balaban J connectivity index is 3.20. The van der Waals surface area contributed by atoms with Crippen LogP contribution in [0.4, 0.5) is 4.39 Å². The van der Waals surface area contributed by atoms with E-state index in [9.17, 15) is 4.39 Å². The molecular formula is C13H16F. The van der Waals surface area contributed by atoms with E-state index < -0.39 is 0 Å². The second-order valence-electron chi connectivity index (χ2n) is 3.75. The van der Waals surface area contributed by atoms with Crippen LogP contribution < -0.4 is 0 Å². The van der Waals surface area contributed by atoms with Gasteiger partial charge in [-0.15, -0.1) is 6.58 Å². The molecule has 14 heavy (non-hydrogen) atoms. The van der Waals surface area contributed by atoms with Crippen molar-refractivity contribution in [1.82, 2.24) is 0 Å². The molecule has 1 unspecified atom stereocenters. The summed E-state index contributed by atoms with van der Waals surface area (Å²) in [6, 6.07) is 5.45. The Morgan fingerprint density at radius 2 is 1.86 bits per heavy atom. The lowest BCUT2D eigenvalue weighted by Gasteiger charge is -2.13. The summed E-state index contributed by atoms with van der Waals surface area (Å²) < 4.78 is 13.9. The standard InChI is InChI=1S/C13H16F/c1-5-10(4)12-8-6-7-11(9(2)3)13(12)14/h5-10H,1,4H2,2-3H3. The molecule has 75 valence electrons. The molecule has 0 aromatic heterocycles. The van der Waals surface area contributed by atoms with Crippen LogP contribution in [0.3, 0.4) is 0 Å². The first-order valence-corrected chi connectivity index (χ1v) is 4.81. The Bertz CT molecular complexity index is 326. The molecule has 1 atom stereocenters. The first-order chi connectivity index (χ1) is 6.57. The van der Waals surface area contributed by atoms with Crippen molar-refractivity contribution in [2.75, 3.05) is 0 Å². The number of halogens is 1. The third-order valence-electron chi connectivity index (χ3n) is 2.36. The SMILES string of the molecule is [CH2]C(C=C)c1cccc(C(C)C)c1F. The molecule has 0 spiro atoms. The minimum Gasteiger partial charge on any atom is -0.206 e. The van der Waals surface area contributed by atoms with E-state index >= 15 is 0 Å². The molecule has 0 N–H and O–H groups in total. The van der Waals surface area contributed by atoms with E-state index in [2.05, 4.69) is 13.5 Å². The van der Waals surface area contributed by atoms with E-state index in [1.54, 1.807) is 12.1 Å². The van der Waals surface area contributed by atoms with E-state index in [-0.39, 0.29) is 17.7 Å². The molecule has 0 aliphatic carbocycles. The highest BCUT2D eigenvalue weighted by Gasteiger charge is 2.13. The van der Waals surface area contributed by atoms with E-state index in [4.69, 9.17) is 0 Å². The second kappa shape index (κ2) is 4.41. The van der Waals surface area contributed by atoms with Crippen LogP contribution in [0.5, 0.6) is 0 Å². The zero-order valence-electron chi connectivity index (χ0n) is 8.76. The molecule has 0 amide bonds. The topological polar surface area (TPSA) is 0 Å². The fourth-order valence-electron chi connectivity index (χ4n) is 1.43. The van der Waals surface area contributed by atoms with E-state index in [0.717, 1.165) is 5.56 Å². The summed E-state index contributed by atoms with van der Waals surface area (Å²) in [7, 11) is 0. The molecule has 1 aromatic carbocycles. The molecule has 0 fully saturated rings. The van der Waals surface area contributed by atoms with Crippen LogP contribution in [0.2, 0.25) is 0 Å². The number of hydrogen-bond acceptors (Lipinski definition) is 0. The minimum atomic E-state index is -0.173. The summed E-state index contributed by atoms with van der Waals surface area (Å²) in [5, 5.41) is 0. The van der Waals surface area contributed by atoms with Crippen LogP contribution in [-0.4, -0.2) is 0 Å². The van der Waals surface area contributed by atoms with Gasteiger partial charge >= 0.3 is 0 Å². The molecule has 0 bridgehead atoms. The van der Waals surface area contributed by atoms with Gasteiger partial charge in [0.15, 0.2) is 0 Å². The van der Waals surface area contributed by atoms with E-state index in [1.807, 2.05) is 26.0 Å². The van der Waals surface area contributed by atoms with Crippen LogP contribution in [0, 0.1) is 12.7 Å². The molecule has 0 saturated carbocycles. The third kappa shape index (κ3) is 2.03. The Labute approximate surface area is 85.5 Å². The molecule has 1 rings (SSSR count). The van der Waals surface area contributed by atoms with E-state index in [1.165, 1.54) is 0 Å². The highest BCUT2D eigenvalue weighted by molar-refractivity contribution is 5.33. The first-order valence-electron chi connectivity index (χ1n) is 4.81. The van der Waals surface area contributed by atoms with Crippen molar-refractivity contribution in [3.05, 3.63) is 54.7 Å². The molecule has 0 heterocycles. The van der Waals surface area contributed by atoms with Crippen molar-refractivity contribution < 1.29 is 4.39 Å². The zero-order chi connectivity index (χ0) is 10.7. The van der Waals surface area contributed by atoms with Crippen LogP contribution in [0.1, 0.15) is 36.8 Å². The van der Waals surface area contributed by atoms with Gasteiger partial charge in [-0.1, -0.05) is 38.1 Å². The summed E-state index contributed by atoms with van der Waals surface area (Å²) >= 11 is 0. The summed E-state index contributed by atoms with van der Waals surface area (Å²) in [4.78, 5) is 0. The summed E-state index contributed by atoms with van der Waals surface area (Å²) in [5.74, 6) is -0.108. The van der Waals surface area contributed by atoms with Gasteiger partial charge in [-0.25, -0.2) is 4.39 Å². The number of benzene rings is 1. The van der Waals surface area contributed by atoms with Crippen molar-refractivity contribution in [3.63, 3.8) is 0 Å². The maximum absolute atomic E-state index is 13.9. The maximum Gasteiger partial charge on any atom is 0.130 e. The minimum absolute atomic E-state index is 0.137. The van der Waals surface area contributed by atoms with Gasteiger partial charge in [-0.2, -0.15) is 0 Å². The predicted octanol–water partition coefficient (Wildman–Crippen LogP) is 4.05. The summed E-state index contributed by atoms with van der Waals surface area (Å²) in [6.07, 6.45) is 1.66. The molecule has 0 saturated heterocycles. The van der Waals surface area contributed by atoms with Gasteiger partial charge in [0.05, 0.1) is 0 Å². The van der Waals surface area contributed by atoms with Crippen molar-refractivity contribution in [2.45, 2.75) is 25.7 Å². The Morgan fingerprint density at radius 3 is 2.36 bits per heavy atom. The maximum atomic E-state index is 13.9. The van der Waals surface area contributed by atoms with Gasteiger partial charge in [0.25, 0.3) is 0 Å². The van der Waals surface area contributed by atoms with Gasteiger partial charge in [0.1, 0.15) is 5.82 Å². The molecule has 0 aliphatic rings. The smallest absolute Gasteiger partial charge is 0.130 e. The molecule has 0 nitrogen and oxygen atoms in total. The highest BCUT2D eigenvalue weighted by atomic mass is 19.1. The molecule has 1 aromatic rings. The summed E-state index contributed by atoms with van der Waals surface area (Å²) in [6.45, 7) is 11.4. The fraction of sp³-hybridized carbons (Fsp3) is 0.308. The van der Waals surface area contributed by atoms with Gasteiger partial charge in [-0.3, -0.25) is 0 Å². The van der Waals surface area contributed by atoms with Crippen molar-refractivity contribution in [2.24, 2.45) is 0 Å². The van der Waals surface area contributed by atoms with Crippen molar-refractivity contribution in [3.8, 4) is 0 Å². The largest absolute Gasteiger partial charge is 0.206 e. The van der Waals surface area contributed by atoms with Crippen LogP contribution in [0.15, 0.2) is 30.9 Å². The monoisotopic (exact) mass is 191 g/mol. The quantitative estimate of drug-likeness (QED) is 0.632. The Hall–Kier alpha value is -1.11. The lowest BCUT2D eigenvalue weighted by Crippen LogP contribution is -2.00. The van der Waals surface area contributed by atoms with Crippen molar-refractivity contribution >= 4 is 0 Å². The average Bonchev–Trinajstić information content (AvgIpc) is 2.16.